The molecular formula is C24H16F6N2O3. The lowest BCUT2D eigenvalue weighted by Gasteiger charge is -2.16. The highest BCUT2D eigenvalue weighted by atomic mass is 19.4. The number of rotatable bonds is 6. The Hall–Kier alpha value is -4.28. The Bertz CT molecular complexity index is 1240. The van der Waals surface area contributed by atoms with Gasteiger partial charge in [0.15, 0.2) is 5.75 Å². The van der Waals surface area contributed by atoms with Crippen LogP contribution in [0.3, 0.4) is 0 Å². The molecule has 0 aliphatic heterocycles. The highest BCUT2D eigenvalue weighted by molar-refractivity contribution is 6.11. The van der Waals surface area contributed by atoms with Crippen LogP contribution in [0, 0.1) is 0 Å². The van der Waals surface area contributed by atoms with E-state index in [9.17, 15) is 35.9 Å². The van der Waals surface area contributed by atoms with Crippen molar-refractivity contribution in [3.8, 4) is 5.75 Å². The molecule has 2 amide bonds. The molecule has 0 heterocycles. The van der Waals surface area contributed by atoms with Crippen LogP contribution >= 0.6 is 0 Å². The molecule has 3 aromatic rings. The molecule has 0 radical (unpaired) electrons. The molecule has 3 aromatic carbocycles. The summed E-state index contributed by atoms with van der Waals surface area (Å²) in [6.07, 6.45) is -9.05. The van der Waals surface area contributed by atoms with Gasteiger partial charge in [0.2, 0.25) is 0 Å². The monoisotopic (exact) mass is 494 g/mol. The van der Waals surface area contributed by atoms with Gasteiger partial charge in [-0.15, -0.1) is 13.2 Å². The molecule has 0 saturated heterocycles. The van der Waals surface area contributed by atoms with Gasteiger partial charge in [0.05, 0.1) is 11.3 Å². The Morgan fingerprint density at radius 2 is 1.37 bits per heavy atom. The second-order valence-corrected chi connectivity index (χ2v) is 6.96. The number of para-hydroxylation sites is 2. The van der Waals surface area contributed by atoms with Gasteiger partial charge in [-0.05, 0) is 42.0 Å². The summed E-state index contributed by atoms with van der Waals surface area (Å²) in [6, 6.07) is 16.4. The lowest BCUT2D eigenvalue weighted by molar-refractivity contribution is -0.274. The summed E-state index contributed by atoms with van der Waals surface area (Å²) in [4.78, 5) is 25.6. The summed E-state index contributed by atoms with van der Waals surface area (Å²) in [5.74, 6) is -2.75. The van der Waals surface area contributed by atoms with Gasteiger partial charge in [-0.25, -0.2) is 0 Å². The van der Waals surface area contributed by atoms with E-state index < -0.39 is 52.6 Å². The number of nitrogens with one attached hydrogen (secondary N) is 2. The number of alkyl halides is 6. The first-order valence-corrected chi connectivity index (χ1v) is 9.84. The molecule has 0 saturated carbocycles. The fraction of sp³-hybridized carbons (Fsp3) is 0.0833. The van der Waals surface area contributed by atoms with Crippen molar-refractivity contribution in [1.82, 2.24) is 5.32 Å². The number of ether oxygens (including phenoxy) is 1. The van der Waals surface area contributed by atoms with E-state index in [2.05, 4.69) is 15.4 Å². The molecule has 0 unspecified atom stereocenters. The Morgan fingerprint density at radius 1 is 0.771 bits per heavy atom. The first-order valence-electron chi connectivity index (χ1n) is 9.84. The van der Waals surface area contributed by atoms with Crippen LogP contribution in [0.4, 0.5) is 32.0 Å². The molecule has 0 aliphatic rings. The number of amides is 2. The minimum atomic E-state index is -5.06. The van der Waals surface area contributed by atoms with Crippen LogP contribution < -0.4 is 15.4 Å². The lowest BCUT2D eigenvalue weighted by Crippen LogP contribution is -2.31. The van der Waals surface area contributed by atoms with Gasteiger partial charge in [0.1, 0.15) is 5.70 Å². The van der Waals surface area contributed by atoms with E-state index in [0.717, 1.165) is 36.4 Å². The van der Waals surface area contributed by atoms with Gasteiger partial charge in [-0.1, -0.05) is 48.5 Å². The minimum Gasteiger partial charge on any atom is -0.404 e. The van der Waals surface area contributed by atoms with E-state index in [-0.39, 0.29) is 5.56 Å². The summed E-state index contributed by atoms with van der Waals surface area (Å²) in [5.41, 5.74) is -2.49. The topological polar surface area (TPSA) is 67.4 Å². The van der Waals surface area contributed by atoms with Crippen molar-refractivity contribution in [1.29, 1.82) is 0 Å². The molecule has 0 aromatic heterocycles. The lowest BCUT2D eigenvalue weighted by atomic mass is 10.1. The minimum absolute atomic E-state index is 0.0936. The Balaban J connectivity index is 2.01. The number of benzene rings is 3. The van der Waals surface area contributed by atoms with Crippen LogP contribution in [0.2, 0.25) is 0 Å². The summed E-state index contributed by atoms with van der Waals surface area (Å²) in [7, 11) is 0. The Morgan fingerprint density at radius 3 is 2.03 bits per heavy atom. The summed E-state index contributed by atoms with van der Waals surface area (Å²) >= 11 is 0. The number of hydrogen-bond donors (Lipinski definition) is 2. The molecule has 0 fully saturated rings. The number of halogens is 6. The number of carbonyl (C=O) groups is 2. The first kappa shape index (κ1) is 25.3. The SMILES string of the molecule is O=C(Nc1ccccc1OC(F)(F)F)C(=Cc1ccccc1C(F)(F)F)NC(=O)c1ccccc1. The van der Waals surface area contributed by atoms with E-state index in [0.29, 0.717) is 0 Å². The van der Waals surface area contributed by atoms with E-state index in [4.69, 9.17) is 0 Å². The van der Waals surface area contributed by atoms with Gasteiger partial charge in [-0.2, -0.15) is 13.2 Å². The Kier molecular flexibility index (Phi) is 7.48. The second-order valence-electron chi connectivity index (χ2n) is 6.96. The Labute approximate surface area is 195 Å². The first-order chi connectivity index (χ1) is 16.4. The highest BCUT2D eigenvalue weighted by Gasteiger charge is 2.34. The fourth-order valence-electron chi connectivity index (χ4n) is 2.95. The van der Waals surface area contributed by atoms with Crippen LogP contribution in [0.1, 0.15) is 21.5 Å². The van der Waals surface area contributed by atoms with E-state index in [1.54, 1.807) is 6.07 Å². The van der Waals surface area contributed by atoms with Gasteiger partial charge in [0.25, 0.3) is 11.8 Å². The van der Waals surface area contributed by atoms with Crippen molar-refractivity contribution >= 4 is 23.6 Å². The smallest absolute Gasteiger partial charge is 0.404 e. The van der Waals surface area contributed by atoms with Crippen molar-refractivity contribution in [3.05, 3.63) is 101 Å². The zero-order valence-corrected chi connectivity index (χ0v) is 17.6. The van der Waals surface area contributed by atoms with Gasteiger partial charge in [-0.3, -0.25) is 9.59 Å². The third kappa shape index (κ3) is 7.10. The molecule has 0 spiro atoms. The molecule has 35 heavy (non-hydrogen) atoms. The molecule has 182 valence electrons. The molecule has 0 aliphatic carbocycles. The largest absolute Gasteiger partial charge is 0.573 e. The normalized spacial score (nSPS) is 12.1. The zero-order chi connectivity index (χ0) is 25.6. The van der Waals surface area contributed by atoms with Gasteiger partial charge >= 0.3 is 12.5 Å². The van der Waals surface area contributed by atoms with Crippen molar-refractivity contribution in [2.45, 2.75) is 12.5 Å². The summed E-state index contributed by atoms with van der Waals surface area (Å²) < 4.78 is 82.3. The van der Waals surface area contributed by atoms with Crippen molar-refractivity contribution in [2.24, 2.45) is 0 Å². The predicted molar refractivity (Wildman–Crippen MR) is 115 cm³/mol. The molecule has 0 bridgehead atoms. The average Bonchev–Trinajstić information content (AvgIpc) is 2.79. The van der Waals surface area contributed by atoms with Crippen molar-refractivity contribution < 1.29 is 40.7 Å². The summed E-state index contributed by atoms with van der Waals surface area (Å²) in [5, 5.41) is 4.37. The number of anilines is 1. The molecule has 0 atom stereocenters. The third-order valence-corrected chi connectivity index (χ3v) is 4.46. The van der Waals surface area contributed by atoms with Crippen LogP contribution in [-0.4, -0.2) is 18.2 Å². The van der Waals surface area contributed by atoms with Crippen molar-refractivity contribution in [2.75, 3.05) is 5.32 Å². The molecule has 11 heteroatoms. The molecular weight excluding hydrogens is 478 g/mol. The van der Waals surface area contributed by atoms with Crippen LogP contribution in [-0.2, 0) is 11.0 Å². The van der Waals surface area contributed by atoms with E-state index in [1.807, 2.05) is 0 Å². The molecule has 5 nitrogen and oxygen atoms in total. The standard InChI is InChI=1S/C24H16F6N2O3/c25-23(26,27)17-11-5-4-10-16(17)14-19(32-21(33)15-8-2-1-3-9-15)22(34)31-18-12-6-7-13-20(18)35-24(28,29)30/h1-14H,(H,31,34)(H,32,33). The van der Waals surface area contributed by atoms with Crippen molar-refractivity contribution in [3.63, 3.8) is 0 Å². The van der Waals surface area contributed by atoms with E-state index in [1.165, 1.54) is 42.5 Å². The van der Waals surface area contributed by atoms with Gasteiger partial charge < -0.3 is 15.4 Å². The quantitative estimate of drug-likeness (QED) is 0.326. The van der Waals surface area contributed by atoms with Gasteiger partial charge in [0, 0.05) is 5.56 Å². The second kappa shape index (κ2) is 10.3. The highest BCUT2D eigenvalue weighted by Crippen LogP contribution is 2.33. The number of hydrogen-bond acceptors (Lipinski definition) is 3. The number of carbonyl (C=O) groups excluding carboxylic acids is 2. The third-order valence-electron chi connectivity index (χ3n) is 4.46. The molecule has 2 N–H and O–H groups in total. The molecule has 3 rings (SSSR count). The maximum Gasteiger partial charge on any atom is 0.573 e. The maximum absolute atomic E-state index is 13.4. The van der Waals surface area contributed by atoms with Crippen LogP contribution in [0.15, 0.2) is 84.6 Å². The predicted octanol–water partition coefficient (Wildman–Crippen LogP) is 6.01. The van der Waals surface area contributed by atoms with Crippen LogP contribution in [0.5, 0.6) is 5.75 Å². The fourth-order valence-corrected chi connectivity index (χ4v) is 2.95. The van der Waals surface area contributed by atoms with E-state index >= 15 is 0 Å². The zero-order valence-electron chi connectivity index (χ0n) is 17.6. The average molecular weight is 494 g/mol. The summed E-state index contributed by atoms with van der Waals surface area (Å²) in [6.45, 7) is 0. The van der Waals surface area contributed by atoms with Crippen LogP contribution in [0.25, 0.3) is 6.08 Å². The maximum atomic E-state index is 13.4.